The van der Waals surface area contributed by atoms with Gasteiger partial charge >= 0.3 is 12.1 Å². The van der Waals surface area contributed by atoms with Crippen molar-refractivity contribution in [1.29, 1.82) is 0 Å². The van der Waals surface area contributed by atoms with Crippen LogP contribution in [0.5, 0.6) is 0 Å². The summed E-state index contributed by atoms with van der Waals surface area (Å²) >= 11 is 7.13. The van der Waals surface area contributed by atoms with Gasteiger partial charge in [0.05, 0.1) is 20.9 Å². The lowest BCUT2D eigenvalue weighted by atomic mass is 9.93. The fourth-order valence-electron chi connectivity index (χ4n) is 3.55. The molecule has 0 atom stereocenters. The monoisotopic (exact) mass is 483 g/mol. The van der Waals surface area contributed by atoms with Crippen molar-refractivity contribution in [3.63, 3.8) is 0 Å². The molecule has 4 nitrogen and oxygen atoms in total. The highest BCUT2D eigenvalue weighted by Gasteiger charge is 2.53. The topological polar surface area (TPSA) is 66.4 Å². The van der Waals surface area contributed by atoms with Gasteiger partial charge in [-0.3, -0.25) is 4.79 Å². The third-order valence-corrected chi connectivity index (χ3v) is 6.61. The summed E-state index contributed by atoms with van der Waals surface area (Å²) in [6.45, 7) is 0. The van der Waals surface area contributed by atoms with Crippen molar-refractivity contribution >= 4 is 40.5 Å². The number of halogens is 5. The quantitative estimate of drug-likeness (QED) is 0.402. The van der Waals surface area contributed by atoms with Crippen molar-refractivity contribution < 1.29 is 32.3 Å². The van der Waals surface area contributed by atoms with E-state index >= 15 is 0 Å². The first-order valence-corrected chi connectivity index (χ1v) is 10.5. The lowest BCUT2D eigenvalue weighted by Gasteiger charge is -2.18. The molecule has 3 aromatic rings. The molecule has 2 N–H and O–H groups in total. The molecule has 1 aliphatic carbocycles. The average molecular weight is 484 g/mol. The molecule has 0 spiro atoms. The van der Waals surface area contributed by atoms with Crippen LogP contribution in [0, 0.1) is 5.82 Å². The number of carboxylic acids is 1. The number of carbonyl (C=O) groups is 2. The molecule has 1 fully saturated rings. The van der Waals surface area contributed by atoms with Crippen molar-refractivity contribution in [2.45, 2.75) is 24.4 Å². The predicted molar refractivity (Wildman–Crippen MR) is 113 cm³/mol. The van der Waals surface area contributed by atoms with E-state index in [0.29, 0.717) is 20.8 Å². The summed E-state index contributed by atoms with van der Waals surface area (Å²) in [7, 11) is 0. The molecule has 1 heterocycles. The molecule has 0 aliphatic heterocycles. The second kappa shape index (κ2) is 7.90. The molecule has 1 aliphatic rings. The number of carbonyl (C=O) groups excluding carboxylic acids is 1. The molecule has 0 unspecified atom stereocenters. The van der Waals surface area contributed by atoms with Gasteiger partial charge in [-0.2, -0.15) is 13.2 Å². The first kappa shape index (κ1) is 22.3. The minimum Gasteiger partial charge on any atom is -0.478 e. The number of hydrogen-bond donors (Lipinski definition) is 2. The highest BCUT2D eigenvalue weighted by atomic mass is 35.5. The van der Waals surface area contributed by atoms with Gasteiger partial charge in [0.2, 0.25) is 5.91 Å². The maximum atomic E-state index is 14.5. The van der Waals surface area contributed by atoms with Crippen molar-refractivity contribution in [2.24, 2.45) is 0 Å². The number of alkyl halides is 3. The second-order valence-electron chi connectivity index (χ2n) is 7.40. The molecule has 4 rings (SSSR count). The lowest BCUT2D eigenvalue weighted by Crippen LogP contribution is -2.29. The second-order valence-corrected chi connectivity index (χ2v) is 9.11. The highest BCUT2D eigenvalue weighted by Crippen LogP contribution is 2.50. The van der Waals surface area contributed by atoms with Crippen LogP contribution in [0.2, 0.25) is 4.34 Å². The summed E-state index contributed by atoms with van der Waals surface area (Å²) in [5, 5.41) is 12.2. The minimum absolute atomic E-state index is 0.0631. The highest BCUT2D eigenvalue weighted by molar-refractivity contribution is 7.19. The maximum absolute atomic E-state index is 14.5. The third-order valence-electron chi connectivity index (χ3n) is 5.34. The zero-order chi connectivity index (χ0) is 23.3. The molecule has 0 bridgehead atoms. The number of benzene rings is 2. The van der Waals surface area contributed by atoms with Crippen molar-refractivity contribution in [1.82, 2.24) is 0 Å². The van der Waals surface area contributed by atoms with Crippen LogP contribution in [0.25, 0.3) is 10.4 Å². The SMILES string of the molecule is O=C(O)c1cc(NC(=O)C2(c3ccc(C(F)(F)F)cc3F)CC2)ccc1-c1ccc(Cl)s1. The fourth-order valence-corrected chi connectivity index (χ4v) is 4.63. The van der Waals surface area contributed by atoms with Gasteiger partial charge in [0, 0.05) is 21.7 Å². The van der Waals surface area contributed by atoms with Gasteiger partial charge in [-0.05, 0) is 49.2 Å². The van der Waals surface area contributed by atoms with E-state index in [0.717, 1.165) is 12.1 Å². The normalized spacial score (nSPS) is 14.8. The smallest absolute Gasteiger partial charge is 0.416 e. The molecular weight excluding hydrogens is 470 g/mol. The lowest BCUT2D eigenvalue weighted by molar-refractivity contribution is -0.137. The molecule has 1 aromatic heterocycles. The zero-order valence-electron chi connectivity index (χ0n) is 16.1. The Morgan fingerprint density at radius 2 is 1.78 bits per heavy atom. The number of rotatable bonds is 5. The third kappa shape index (κ3) is 4.10. The Bertz CT molecular complexity index is 1230. The Labute approximate surface area is 188 Å². The van der Waals surface area contributed by atoms with E-state index in [2.05, 4.69) is 5.32 Å². The molecule has 2 aromatic carbocycles. The maximum Gasteiger partial charge on any atom is 0.416 e. The molecule has 0 saturated heterocycles. The molecule has 1 saturated carbocycles. The average Bonchev–Trinajstić information content (AvgIpc) is 3.41. The van der Waals surface area contributed by atoms with E-state index in [9.17, 15) is 32.3 Å². The molecule has 32 heavy (non-hydrogen) atoms. The fraction of sp³-hybridized carbons (Fsp3) is 0.182. The van der Waals surface area contributed by atoms with Crippen LogP contribution in [-0.4, -0.2) is 17.0 Å². The Balaban J connectivity index is 1.62. The Hall–Kier alpha value is -2.91. The Morgan fingerprint density at radius 3 is 2.31 bits per heavy atom. The first-order chi connectivity index (χ1) is 15.0. The van der Waals surface area contributed by atoms with Gasteiger partial charge in [-0.15, -0.1) is 11.3 Å². The number of carboxylic acid groups (broad SMARTS) is 1. The summed E-state index contributed by atoms with van der Waals surface area (Å²) in [6.07, 6.45) is -4.17. The van der Waals surface area contributed by atoms with E-state index in [1.54, 1.807) is 12.1 Å². The number of aromatic carboxylic acids is 1. The summed E-state index contributed by atoms with van der Waals surface area (Å²) in [5.74, 6) is -2.93. The van der Waals surface area contributed by atoms with Crippen molar-refractivity contribution in [3.8, 4) is 10.4 Å². The van der Waals surface area contributed by atoms with Gasteiger partial charge in [0.15, 0.2) is 0 Å². The Kier molecular flexibility index (Phi) is 5.50. The summed E-state index contributed by atoms with van der Waals surface area (Å²) in [4.78, 5) is 25.3. The number of thiophene rings is 1. The van der Waals surface area contributed by atoms with Gasteiger partial charge in [-0.1, -0.05) is 23.7 Å². The zero-order valence-corrected chi connectivity index (χ0v) is 17.7. The molecule has 1 amide bonds. The van der Waals surface area contributed by atoms with Crippen LogP contribution < -0.4 is 5.32 Å². The summed E-state index contributed by atoms with van der Waals surface area (Å²) in [5.41, 5.74) is -2.01. The number of amides is 1. The standard InChI is InChI=1S/C22H14ClF4NO3S/c23-18-6-5-17(32-18)13-3-2-12(10-14(13)19(29)30)28-20(31)21(7-8-21)15-4-1-11(9-16(15)24)22(25,26)27/h1-6,9-10H,7-8H2,(H,28,31)(H,29,30). The van der Waals surface area contributed by atoms with E-state index < -0.39 is 34.8 Å². The van der Waals surface area contributed by atoms with Crippen molar-refractivity contribution in [2.75, 3.05) is 5.32 Å². The van der Waals surface area contributed by atoms with Gasteiger partial charge in [-0.25, -0.2) is 9.18 Å². The molecular formula is C22H14ClF4NO3S. The number of hydrogen-bond acceptors (Lipinski definition) is 3. The van der Waals surface area contributed by atoms with E-state index in [4.69, 9.17) is 11.6 Å². The van der Waals surface area contributed by atoms with E-state index in [-0.39, 0.29) is 29.7 Å². The van der Waals surface area contributed by atoms with Gasteiger partial charge < -0.3 is 10.4 Å². The van der Waals surface area contributed by atoms with Gasteiger partial charge in [0.1, 0.15) is 5.82 Å². The van der Waals surface area contributed by atoms with Crippen LogP contribution in [0.4, 0.5) is 23.2 Å². The van der Waals surface area contributed by atoms with E-state index in [1.807, 2.05) is 0 Å². The summed E-state index contributed by atoms with van der Waals surface area (Å²) in [6, 6.07) is 9.74. The summed E-state index contributed by atoms with van der Waals surface area (Å²) < 4.78 is 53.4. The molecule has 10 heteroatoms. The van der Waals surface area contributed by atoms with Gasteiger partial charge in [0.25, 0.3) is 0 Å². The molecule has 0 radical (unpaired) electrons. The van der Waals surface area contributed by atoms with Crippen LogP contribution in [0.15, 0.2) is 48.5 Å². The Morgan fingerprint density at radius 1 is 1.06 bits per heavy atom. The van der Waals surface area contributed by atoms with Crippen LogP contribution in [0.1, 0.15) is 34.3 Å². The number of nitrogens with one attached hydrogen (secondary N) is 1. The minimum atomic E-state index is -4.69. The van der Waals surface area contributed by atoms with Crippen LogP contribution in [-0.2, 0) is 16.4 Å². The van der Waals surface area contributed by atoms with Crippen molar-refractivity contribution in [3.05, 3.63) is 75.4 Å². The van der Waals surface area contributed by atoms with E-state index in [1.165, 1.54) is 29.5 Å². The molecule has 166 valence electrons. The van der Waals surface area contributed by atoms with Crippen LogP contribution >= 0.6 is 22.9 Å². The van der Waals surface area contributed by atoms with Crippen LogP contribution in [0.3, 0.4) is 0 Å². The number of anilines is 1. The first-order valence-electron chi connectivity index (χ1n) is 9.33. The predicted octanol–water partition coefficient (Wildman–Crippen LogP) is 6.59. The largest absolute Gasteiger partial charge is 0.478 e.